The molecule has 0 radical (unpaired) electrons. The summed E-state index contributed by atoms with van der Waals surface area (Å²) in [5, 5.41) is 9.30. The number of nitrogens with zero attached hydrogens (tertiary/aromatic N) is 1. The fraction of sp³-hybridized carbons (Fsp3) is 0.0952. The Bertz CT molecular complexity index is 972. The van der Waals surface area contributed by atoms with Crippen LogP contribution in [0.25, 0.3) is 0 Å². The van der Waals surface area contributed by atoms with Crippen LogP contribution in [0, 0.1) is 0 Å². The van der Waals surface area contributed by atoms with Crippen molar-refractivity contribution in [3.63, 3.8) is 0 Å². The highest BCUT2D eigenvalue weighted by Gasteiger charge is 2.07. The van der Waals surface area contributed by atoms with Crippen LogP contribution < -0.4 is 16.0 Å². The number of pyridine rings is 1. The minimum Gasteiger partial charge on any atom is -0.348 e. The minimum atomic E-state index is -0.223. The number of nitrogens with one attached hydrogen (secondary N) is 3. The highest BCUT2D eigenvalue weighted by atomic mass is 35.5. The van der Waals surface area contributed by atoms with E-state index in [1.54, 1.807) is 30.3 Å². The standard InChI is InChI=1S/C21H19ClN4O2/c1-14(27)25-17-7-9-18(10-8-17)26-20-11-6-16(13-23-20)21(28)24-12-15-4-2-3-5-19(15)22/h2-11,13H,12H2,1H3,(H,23,26)(H,24,28)(H,25,27). The van der Waals surface area contributed by atoms with Crippen molar-refractivity contribution in [1.29, 1.82) is 0 Å². The van der Waals surface area contributed by atoms with Gasteiger partial charge in [0, 0.05) is 36.1 Å². The number of anilines is 3. The van der Waals surface area contributed by atoms with Crippen LogP contribution in [0.1, 0.15) is 22.8 Å². The number of carbonyl (C=O) groups is 2. The van der Waals surface area contributed by atoms with E-state index in [2.05, 4.69) is 20.9 Å². The number of halogens is 1. The molecule has 0 spiro atoms. The molecule has 0 unspecified atom stereocenters. The van der Waals surface area contributed by atoms with Crippen molar-refractivity contribution >= 4 is 40.6 Å². The van der Waals surface area contributed by atoms with Crippen LogP contribution >= 0.6 is 11.6 Å². The normalized spacial score (nSPS) is 10.2. The quantitative estimate of drug-likeness (QED) is 0.579. The van der Waals surface area contributed by atoms with E-state index in [1.807, 2.05) is 30.3 Å². The molecule has 0 bridgehead atoms. The third kappa shape index (κ3) is 5.31. The van der Waals surface area contributed by atoms with Crippen molar-refractivity contribution in [2.45, 2.75) is 13.5 Å². The maximum Gasteiger partial charge on any atom is 0.253 e. The topological polar surface area (TPSA) is 83.1 Å². The molecule has 0 aliphatic heterocycles. The lowest BCUT2D eigenvalue weighted by atomic mass is 10.2. The zero-order valence-electron chi connectivity index (χ0n) is 15.2. The van der Waals surface area contributed by atoms with Crippen molar-refractivity contribution in [3.8, 4) is 0 Å². The smallest absolute Gasteiger partial charge is 0.253 e. The fourth-order valence-electron chi connectivity index (χ4n) is 2.51. The Morgan fingerprint density at radius 2 is 1.68 bits per heavy atom. The Morgan fingerprint density at radius 1 is 0.964 bits per heavy atom. The highest BCUT2D eigenvalue weighted by Crippen LogP contribution is 2.18. The number of hydrogen-bond donors (Lipinski definition) is 3. The zero-order chi connectivity index (χ0) is 19.9. The number of benzene rings is 2. The predicted molar refractivity (Wildman–Crippen MR) is 111 cm³/mol. The lowest BCUT2D eigenvalue weighted by Crippen LogP contribution is -2.23. The fourth-order valence-corrected chi connectivity index (χ4v) is 2.71. The summed E-state index contributed by atoms with van der Waals surface area (Å²) in [6, 6.07) is 18.0. The van der Waals surface area contributed by atoms with Gasteiger partial charge in [0.1, 0.15) is 5.82 Å². The first kappa shape index (κ1) is 19.4. The molecule has 0 fully saturated rings. The molecule has 28 heavy (non-hydrogen) atoms. The van der Waals surface area contributed by atoms with E-state index < -0.39 is 0 Å². The number of amides is 2. The molecular formula is C21H19ClN4O2. The summed E-state index contributed by atoms with van der Waals surface area (Å²) in [7, 11) is 0. The Hall–Kier alpha value is -3.38. The van der Waals surface area contributed by atoms with Crippen molar-refractivity contribution in [1.82, 2.24) is 10.3 Å². The second-order valence-electron chi connectivity index (χ2n) is 6.09. The Labute approximate surface area is 168 Å². The van der Waals surface area contributed by atoms with Crippen LogP contribution in [0.3, 0.4) is 0 Å². The molecule has 2 aromatic carbocycles. The van der Waals surface area contributed by atoms with Gasteiger partial charge in [-0.3, -0.25) is 9.59 Å². The third-order valence-electron chi connectivity index (χ3n) is 3.90. The minimum absolute atomic E-state index is 0.120. The first-order chi connectivity index (χ1) is 13.5. The molecule has 0 atom stereocenters. The van der Waals surface area contributed by atoms with Gasteiger partial charge >= 0.3 is 0 Å². The third-order valence-corrected chi connectivity index (χ3v) is 4.27. The van der Waals surface area contributed by atoms with E-state index in [0.717, 1.165) is 16.9 Å². The van der Waals surface area contributed by atoms with Gasteiger partial charge < -0.3 is 16.0 Å². The van der Waals surface area contributed by atoms with E-state index in [0.29, 0.717) is 22.9 Å². The molecule has 3 aromatic rings. The van der Waals surface area contributed by atoms with Crippen molar-refractivity contribution in [2.24, 2.45) is 0 Å². The van der Waals surface area contributed by atoms with Crippen LogP contribution in [0.2, 0.25) is 5.02 Å². The van der Waals surface area contributed by atoms with E-state index in [4.69, 9.17) is 11.6 Å². The molecule has 0 saturated heterocycles. The van der Waals surface area contributed by atoms with Crippen LogP contribution in [-0.2, 0) is 11.3 Å². The van der Waals surface area contributed by atoms with Gasteiger partial charge in [-0.05, 0) is 48.0 Å². The monoisotopic (exact) mass is 394 g/mol. The Balaban J connectivity index is 1.57. The van der Waals surface area contributed by atoms with Gasteiger partial charge in [0.2, 0.25) is 5.91 Å². The summed E-state index contributed by atoms with van der Waals surface area (Å²) in [6.07, 6.45) is 1.51. The molecule has 0 aliphatic carbocycles. The summed E-state index contributed by atoms with van der Waals surface area (Å²) in [4.78, 5) is 27.6. The largest absolute Gasteiger partial charge is 0.348 e. The van der Waals surface area contributed by atoms with Crippen molar-refractivity contribution < 1.29 is 9.59 Å². The number of hydrogen-bond acceptors (Lipinski definition) is 4. The first-order valence-corrected chi connectivity index (χ1v) is 9.01. The maximum absolute atomic E-state index is 12.3. The van der Waals surface area contributed by atoms with Gasteiger partial charge in [-0.25, -0.2) is 4.98 Å². The maximum atomic E-state index is 12.3. The molecule has 1 heterocycles. The predicted octanol–water partition coefficient (Wildman–Crippen LogP) is 4.37. The average molecular weight is 395 g/mol. The van der Waals surface area contributed by atoms with Gasteiger partial charge in [0.25, 0.3) is 5.91 Å². The van der Waals surface area contributed by atoms with Crippen LogP contribution in [0.5, 0.6) is 0 Å². The molecule has 2 amide bonds. The molecule has 0 saturated carbocycles. The summed E-state index contributed by atoms with van der Waals surface area (Å²) >= 11 is 6.09. The van der Waals surface area contributed by atoms with E-state index in [1.165, 1.54) is 13.1 Å². The molecule has 7 heteroatoms. The average Bonchev–Trinajstić information content (AvgIpc) is 2.69. The van der Waals surface area contributed by atoms with Gasteiger partial charge in [0.15, 0.2) is 0 Å². The summed E-state index contributed by atoms with van der Waals surface area (Å²) in [5.41, 5.74) is 2.85. The van der Waals surface area contributed by atoms with Crippen LogP contribution in [0.15, 0.2) is 66.9 Å². The van der Waals surface area contributed by atoms with Gasteiger partial charge in [-0.15, -0.1) is 0 Å². The second kappa shape index (κ2) is 9.01. The lowest BCUT2D eigenvalue weighted by molar-refractivity contribution is -0.114. The molecular weight excluding hydrogens is 376 g/mol. The van der Waals surface area contributed by atoms with Crippen LogP contribution in [0.4, 0.5) is 17.2 Å². The number of aromatic nitrogens is 1. The molecule has 3 N–H and O–H groups in total. The first-order valence-electron chi connectivity index (χ1n) is 8.63. The highest BCUT2D eigenvalue weighted by molar-refractivity contribution is 6.31. The van der Waals surface area contributed by atoms with Crippen molar-refractivity contribution in [3.05, 3.63) is 83.0 Å². The Morgan fingerprint density at radius 3 is 2.32 bits per heavy atom. The van der Waals surface area contributed by atoms with Gasteiger partial charge in [-0.1, -0.05) is 29.8 Å². The summed E-state index contributed by atoms with van der Waals surface area (Å²) in [5.74, 6) is 0.263. The van der Waals surface area contributed by atoms with Gasteiger partial charge in [0.05, 0.1) is 5.56 Å². The Kier molecular flexibility index (Phi) is 6.24. The molecule has 1 aromatic heterocycles. The van der Waals surface area contributed by atoms with E-state index in [9.17, 15) is 9.59 Å². The van der Waals surface area contributed by atoms with E-state index in [-0.39, 0.29) is 11.8 Å². The lowest BCUT2D eigenvalue weighted by Gasteiger charge is -2.09. The second-order valence-corrected chi connectivity index (χ2v) is 6.50. The molecule has 3 rings (SSSR count). The number of rotatable bonds is 6. The SMILES string of the molecule is CC(=O)Nc1ccc(Nc2ccc(C(=O)NCc3ccccc3Cl)cn2)cc1. The molecule has 0 aliphatic rings. The van der Waals surface area contributed by atoms with E-state index >= 15 is 0 Å². The van der Waals surface area contributed by atoms with Crippen LogP contribution in [-0.4, -0.2) is 16.8 Å². The molecule has 6 nitrogen and oxygen atoms in total. The van der Waals surface area contributed by atoms with Gasteiger partial charge in [-0.2, -0.15) is 0 Å². The van der Waals surface area contributed by atoms with Crippen molar-refractivity contribution in [2.75, 3.05) is 10.6 Å². The molecule has 142 valence electrons. The summed E-state index contributed by atoms with van der Waals surface area (Å²) < 4.78 is 0. The number of carbonyl (C=O) groups excluding carboxylic acids is 2. The summed E-state index contributed by atoms with van der Waals surface area (Å²) in [6.45, 7) is 1.81. The zero-order valence-corrected chi connectivity index (χ0v) is 16.0.